The number of carbonyl (C=O) groups is 1. The molecule has 0 saturated heterocycles. The zero-order valence-corrected chi connectivity index (χ0v) is 18.0. The average molecular weight is 500 g/mol. The molecule has 0 atom stereocenters. The summed E-state index contributed by atoms with van der Waals surface area (Å²) in [6.45, 7) is -0.187. The van der Waals surface area contributed by atoms with Gasteiger partial charge in [-0.05, 0) is 60.7 Å². The van der Waals surface area contributed by atoms with Gasteiger partial charge in [0.1, 0.15) is 18.1 Å². The molecule has 3 rings (SSSR count). The predicted molar refractivity (Wildman–Crippen MR) is 118 cm³/mol. The lowest BCUT2D eigenvalue weighted by atomic mass is 10.1. The molecule has 1 aromatic heterocycles. The van der Waals surface area contributed by atoms with E-state index < -0.39 is 5.91 Å². The lowest BCUT2D eigenvalue weighted by Gasteiger charge is -2.12. The number of aliphatic hydroxyl groups is 1. The number of hydrogen-bond acceptors (Lipinski definition) is 4. The maximum Gasteiger partial charge on any atom is 0.258 e. The van der Waals surface area contributed by atoms with Crippen LogP contribution in [0.1, 0.15) is 16.1 Å². The number of amides is 1. The molecule has 0 fully saturated rings. The van der Waals surface area contributed by atoms with Crippen molar-refractivity contribution in [3.8, 4) is 11.3 Å². The van der Waals surface area contributed by atoms with Gasteiger partial charge in [0.05, 0.1) is 15.6 Å². The van der Waals surface area contributed by atoms with Gasteiger partial charge >= 0.3 is 0 Å². The lowest BCUT2D eigenvalue weighted by molar-refractivity contribution is 0.0978. The van der Waals surface area contributed by atoms with Crippen LogP contribution in [-0.2, 0) is 6.61 Å². The summed E-state index contributed by atoms with van der Waals surface area (Å²) >= 11 is 20.9. The third-order valence-corrected chi connectivity index (χ3v) is 5.05. The molecule has 9 heteroatoms. The molecule has 5 nitrogen and oxygen atoms in total. The van der Waals surface area contributed by atoms with Gasteiger partial charge in [-0.3, -0.25) is 10.1 Å². The second kappa shape index (κ2) is 9.07. The van der Waals surface area contributed by atoms with E-state index in [9.17, 15) is 4.79 Å². The Morgan fingerprint density at radius 1 is 1.11 bits per heavy atom. The van der Waals surface area contributed by atoms with E-state index in [1.165, 1.54) is 0 Å². The monoisotopic (exact) mass is 498 g/mol. The number of nitrogens with one attached hydrogen (secondary N) is 2. The molecule has 2 aromatic carbocycles. The van der Waals surface area contributed by atoms with E-state index in [0.717, 1.165) is 4.47 Å². The molecule has 3 aromatic rings. The van der Waals surface area contributed by atoms with Crippen molar-refractivity contribution >= 4 is 68.1 Å². The minimum absolute atomic E-state index is 0.102. The molecule has 0 aliphatic carbocycles. The van der Waals surface area contributed by atoms with Gasteiger partial charge in [-0.2, -0.15) is 0 Å². The molecule has 0 aliphatic rings. The quantitative estimate of drug-likeness (QED) is 0.405. The molecule has 0 spiro atoms. The van der Waals surface area contributed by atoms with Crippen molar-refractivity contribution in [2.24, 2.45) is 0 Å². The fourth-order valence-corrected chi connectivity index (χ4v) is 3.45. The number of hydrogen-bond donors (Lipinski definition) is 3. The summed E-state index contributed by atoms with van der Waals surface area (Å²) < 4.78 is 6.22. The maximum absolute atomic E-state index is 12.4. The van der Waals surface area contributed by atoms with E-state index in [-0.39, 0.29) is 11.7 Å². The predicted octanol–water partition coefficient (Wildman–Crippen LogP) is 5.64. The van der Waals surface area contributed by atoms with Crippen molar-refractivity contribution in [1.29, 1.82) is 0 Å². The van der Waals surface area contributed by atoms with E-state index in [4.69, 9.17) is 44.9 Å². The van der Waals surface area contributed by atoms with Gasteiger partial charge in [0, 0.05) is 15.7 Å². The summed E-state index contributed by atoms with van der Waals surface area (Å²) in [5.41, 5.74) is 1.56. The average Bonchev–Trinajstić information content (AvgIpc) is 3.12. The lowest BCUT2D eigenvalue weighted by Crippen LogP contribution is -2.34. The molecule has 144 valence electrons. The van der Waals surface area contributed by atoms with Crippen molar-refractivity contribution in [2.75, 3.05) is 5.32 Å². The van der Waals surface area contributed by atoms with Gasteiger partial charge in [-0.25, -0.2) is 0 Å². The van der Waals surface area contributed by atoms with E-state index in [1.54, 1.807) is 48.5 Å². The standard InChI is InChI=1S/C19H13BrCl2N2O3S/c20-10-1-5-15(21)14(7-10)18(26)24-19(28)23-11-2-4-13(16(22)8-11)17-6-3-12(9-25)27-17/h1-8,25H,9H2,(H2,23,24,26,28). The molecule has 0 radical (unpaired) electrons. The highest BCUT2D eigenvalue weighted by atomic mass is 79.9. The van der Waals surface area contributed by atoms with Crippen LogP contribution in [0.5, 0.6) is 0 Å². The van der Waals surface area contributed by atoms with Gasteiger partial charge in [-0.1, -0.05) is 39.1 Å². The topological polar surface area (TPSA) is 74.5 Å². The van der Waals surface area contributed by atoms with Crippen LogP contribution in [0.25, 0.3) is 11.3 Å². The third kappa shape index (κ3) is 4.92. The molecule has 1 amide bonds. The van der Waals surface area contributed by atoms with Crippen LogP contribution in [0.4, 0.5) is 5.69 Å². The number of rotatable bonds is 4. The molecule has 1 heterocycles. The zero-order chi connectivity index (χ0) is 20.3. The Kier molecular flexibility index (Phi) is 6.74. The third-order valence-electron chi connectivity index (χ3n) is 3.71. The number of thiocarbonyl (C=S) groups is 1. The van der Waals surface area contributed by atoms with Crippen molar-refractivity contribution < 1.29 is 14.3 Å². The Balaban J connectivity index is 1.69. The molecule has 0 bridgehead atoms. The highest BCUT2D eigenvalue weighted by Crippen LogP contribution is 2.31. The number of furan rings is 1. The van der Waals surface area contributed by atoms with Crippen LogP contribution in [-0.4, -0.2) is 16.1 Å². The van der Waals surface area contributed by atoms with Crippen LogP contribution in [0, 0.1) is 0 Å². The van der Waals surface area contributed by atoms with Crippen LogP contribution < -0.4 is 10.6 Å². The second-order valence-corrected chi connectivity index (χ2v) is 7.79. The summed E-state index contributed by atoms with van der Waals surface area (Å²) in [5.74, 6) is 0.558. The number of aliphatic hydroxyl groups excluding tert-OH is 1. The van der Waals surface area contributed by atoms with Crippen LogP contribution in [0.15, 0.2) is 57.4 Å². The van der Waals surface area contributed by atoms with Crippen LogP contribution in [0.3, 0.4) is 0 Å². The van der Waals surface area contributed by atoms with Gasteiger partial charge < -0.3 is 14.8 Å². The number of carbonyl (C=O) groups excluding carboxylic acids is 1. The SMILES string of the molecule is O=C(NC(=S)Nc1ccc(-c2ccc(CO)o2)c(Cl)c1)c1cc(Br)ccc1Cl. The molecule has 28 heavy (non-hydrogen) atoms. The summed E-state index contributed by atoms with van der Waals surface area (Å²) in [7, 11) is 0. The Hall–Kier alpha value is -1.90. The smallest absolute Gasteiger partial charge is 0.258 e. The summed E-state index contributed by atoms with van der Waals surface area (Å²) in [6.07, 6.45) is 0. The van der Waals surface area contributed by atoms with E-state index >= 15 is 0 Å². The van der Waals surface area contributed by atoms with E-state index in [0.29, 0.717) is 38.4 Å². The fraction of sp³-hybridized carbons (Fsp3) is 0.0526. The molecule has 0 unspecified atom stereocenters. The Morgan fingerprint density at radius 2 is 1.89 bits per heavy atom. The number of benzene rings is 2. The zero-order valence-electron chi connectivity index (χ0n) is 14.1. The Bertz CT molecular complexity index is 1060. The first-order valence-electron chi connectivity index (χ1n) is 7.94. The first-order valence-corrected chi connectivity index (χ1v) is 9.90. The van der Waals surface area contributed by atoms with Gasteiger partial charge in [0.2, 0.25) is 0 Å². The van der Waals surface area contributed by atoms with Crippen LogP contribution >= 0.6 is 51.3 Å². The number of anilines is 1. The molecular weight excluding hydrogens is 487 g/mol. The highest BCUT2D eigenvalue weighted by molar-refractivity contribution is 9.10. The van der Waals surface area contributed by atoms with E-state index in [1.807, 2.05) is 0 Å². The normalized spacial score (nSPS) is 10.6. The minimum atomic E-state index is -0.432. The van der Waals surface area contributed by atoms with Crippen molar-refractivity contribution in [3.05, 3.63) is 74.4 Å². The van der Waals surface area contributed by atoms with E-state index in [2.05, 4.69) is 26.6 Å². The highest BCUT2D eigenvalue weighted by Gasteiger charge is 2.14. The second-order valence-electron chi connectivity index (χ2n) is 5.65. The number of halogens is 3. The van der Waals surface area contributed by atoms with Gasteiger partial charge in [0.25, 0.3) is 5.91 Å². The van der Waals surface area contributed by atoms with Crippen molar-refractivity contribution in [1.82, 2.24) is 5.32 Å². The molecular formula is C19H13BrCl2N2O3S. The van der Waals surface area contributed by atoms with Crippen molar-refractivity contribution in [3.63, 3.8) is 0 Å². The molecule has 3 N–H and O–H groups in total. The summed E-state index contributed by atoms with van der Waals surface area (Å²) in [4.78, 5) is 12.4. The fourth-order valence-electron chi connectivity index (χ4n) is 2.40. The Morgan fingerprint density at radius 3 is 2.57 bits per heavy atom. The molecule has 0 saturated carbocycles. The summed E-state index contributed by atoms with van der Waals surface area (Å²) in [6, 6.07) is 13.5. The van der Waals surface area contributed by atoms with Gasteiger partial charge in [0.15, 0.2) is 5.11 Å². The first kappa shape index (κ1) is 20.8. The minimum Gasteiger partial charge on any atom is -0.459 e. The maximum atomic E-state index is 12.4. The molecule has 0 aliphatic heterocycles. The first-order chi connectivity index (χ1) is 13.4. The largest absolute Gasteiger partial charge is 0.459 e. The Labute approximate surface area is 184 Å². The van der Waals surface area contributed by atoms with Crippen molar-refractivity contribution in [2.45, 2.75) is 6.61 Å². The van der Waals surface area contributed by atoms with Crippen LogP contribution in [0.2, 0.25) is 10.0 Å². The summed E-state index contributed by atoms with van der Waals surface area (Å²) in [5, 5.41) is 15.4. The van der Waals surface area contributed by atoms with Gasteiger partial charge in [-0.15, -0.1) is 0 Å².